The summed E-state index contributed by atoms with van der Waals surface area (Å²) < 4.78 is 11.4. The molecule has 1 heterocycles. The Morgan fingerprint density at radius 2 is 2.00 bits per heavy atom. The fourth-order valence-corrected chi connectivity index (χ4v) is 3.73. The van der Waals surface area contributed by atoms with Gasteiger partial charge in [-0.15, -0.1) is 0 Å². The lowest BCUT2D eigenvalue weighted by Gasteiger charge is -2.37. The Morgan fingerprint density at radius 1 is 1.28 bits per heavy atom. The Morgan fingerprint density at radius 3 is 2.68 bits per heavy atom. The molecule has 138 valence electrons. The molecule has 3 rings (SSSR count). The van der Waals surface area contributed by atoms with Gasteiger partial charge in [0.05, 0.1) is 13.2 Å². The quantitative estimate of drug-likeness (QED) is 0.855. The molecule has 0 amide bonds. The minimum Gasteiger partial charge on any atom is -0.493 e. The van der Waals surface area contributed by atoms with E-state index in [0.29, 0.717) is 19.1 Å². The summed E-state index contributed by atoms with van der Waals surface area (Å²) in [4.78, 5) is 13.5. The third kappa shape index (κ3) is 4.95. The number of aliphatic carboxylic acids is 1. The minimum atomic E-state index is -1.11. The molecule has 0 aromatic heterocycles. The maximum atomic E-state index is 11.4. The van der Waals surface area contributed by atoms with Gasteiger partial charge in [0.2, 0.25) is 0 Å². The van der Waals surface area contributed by atoms with Crippen molar-refractivity contribution in [3.8, 4) is 5.75 Å². The highest BCUT2D eigenvalue weighted by molar-refractivity contribution is 5.77. The number of ether oxygens (including phenoxy) is 2. The first-order valence-electron chi connectivity index (χ1n) is 9.37. The van der Waals surface area contributed by atoms with E-state index in [2.05, 4.69) is 17.0 Å². The molecule has 1 atom stereocenters. The molecule has 0 spiro atoms. The van der Waals surface area contributed by atoms with Crippen LogP contribution < -0.4 is 4.74 Å². The molecule has 2 fully saturated rings. The topological polar surface area (TPSA) is 59.0 Å². The van der Waals surface area contributed by atoms with E-state index in [4.69, 9.17) is 9.47 Å². The van der Waals surface area contributed by atoms with Crippen LogP contribution >= 0.6 is 0 Å². The zero-order valence-electron chi connectivity index (χ0n) is 15.1. The van der Waals surface area contributed by atoms with Gasteiger partial charge in [-0.2, -0.15) is 0 Å². The summed E-state index contributed by atoms with van der Waals surface area (Å²) in [7, 11) is 0. The highest BCUT2D eigenvalue weighted by Gasteiger charge is 2.39. The van der Waals surface area contributed by atoms with Crippen LogP contribution in [0.25, 0.3) is 0 Å². The third-order valence-corrected chi connectivity index (χ3v) is 5.35. The number of nitrogens with zero attached hydrogens (tertiary/aromatic N) is 1. The van der Waals surface area contributed by atoms with Crippen molar-refractivity contribution in [2.24, 2.45) is 5.92 Å². The van der Waals surface area contributed by atoms with Crippen LogP contribution in [0.4, 0.5) is 0 Å². The van der Waals surface area contributed by atoms with Gasteiger partial charge in [0.15, 0.2) is 5.60 Å². The van der Waals surface area contributed by atoms with Crippen LogP contribution in [-0.2, 0) is 16.1 Å². The lowest BCUT2D eigenvalue weighted by Crippen LogP contribution is -2.54. The summed E-state index contributed by atoms with van der Waals surface area (Å²) in [6.07, 6.45) is 6.62. The van der Waals surface area contributed by atoms with Gasteiger partial charge in [0, 0.05) is 19.6 Å². The third-order valence-electron chi connectivity index (χ3n) is 5.35. The van der Waals surface area contributed by atoms with Crippen molar-refractivity contribution in [2.45, 2.75) is 51.2 Å². The van der Waals surface area contributed by atoms with E-state index in [0.717, 1.165) is 25.4 Å². The number of rotatable bonds is 6. The van der Waals surface area contributed by atoms with Gasteiger partial charge in [-0.1, -0.05) is 31.4 Å². The first kappa shape index (κ1) is 18.2. The molecule has 2 aliphatic rings. The summed E-state index contributed by atoms with van der Waals surface area (Å²) in [6.45, 7) is 4.80. The van der Waals surface area contributed by atoms with Crippen LogP contribution in [0.5, 0.6) is 5.75 Å². The number of hydrogen-bond acceptors (Lipinski definition) is 4. The van der Waals surface area contributed by atoms with Crippen molar-refractivity contribution >= 4 is 5.97 Å². The second-order valence-electron chi connectivity index (χ2n) is 7.55. The van der Waals surface area contributed by atoms with E-state index in [-0.39, 0.29) is 0 Å². The molecule has 1 aliphatic carbocycles. The molecule has 1 unspecified atom stereocenters. The lowest BCUT2D eigenvalue weighted by atomic mass is 9.90. The van der Waals surface area contributed by atoms with Gasteiger partial charge in [-0.25, -0.2) is 4.79 Å². The Bertz CT molecular complexity index is 568. The summed E-state index contributed by atoms with van der Waals surface area (Å²) in [5.74, 6) is 0.728. The molecule has 1 aromatic carbocycles. The standard InChI is InChI=1S/C20H29NO4/c1-20(19(22)23)15-21(11-12-25-20)13-16-7-9-18(10-8-16)24-14-17-5-3-2-4-6-17/h7-10,17H,2-6,11-15H2,1H3,(H,22,23). The zero-order valence-corrected chi connectivity index (χ0v) is 15.1. The van der Waals surface area contributed by atoms with Gasteiger partial charge in [0.25, 0.3) is 0 Å². The van der Waals surface area contributed by atoms with E-state index >= 15 is 0 Å². The molecular formula is C20H29NO4. The number of hydrogen-bond donors (Lipinski definition) is 1. The van der Waals surface area contributed by atoms with E-state index in [1.165, 1.54) is 37.7 Å². The SMILES string of the molecule is CC1(C(=O)O)CN(Cc2ccc(OCC3CCCCC3)cc2)CCO1. The van der Waals surface area contributed by atoms with Gasteiger partial charge in [0.1, 0.15) is 5.75 Å². The molecule has 1 aromatic rings. The Labute approximate surface area is 149 Å². The van der Waals surface area contributed by atoms with Crippen LogP contribution in [0.1, 0.15) is 44.6 Å². The summed E-state index contributed by atoms with van der Waals surface area (Å²) in [5.41, 5.74) is 0.0565. The Balaban J connectivity index is 1.49. The average molecular weight is 347 g/mol. The van der Waals surface area contributed by atoms with Crippen molar-refractivity contribution in [1.29, 1.82) is 0 Å². The molecular weight excluding hydrogens is 318 g/mol. The van der Waals surface area contributed by atoms with Crippen molar-refractivity contribution in [1.82, 2.24) is 4.90 Å². The molecule has 5 nitrogen and oxygen atoms in total. The maximum Gasteiger partial charge on any atom is 0.337 e. The van der Waals surface area contributed by atoms with Crippen LogP contribution in [-0.4, -0.2) is 47.9 Å². The van der Waals surface area contributed by atoms with E-state index in [1.807, 2.05) is 12.1 Å². The molecule has 0 bridgehead atoms. The number of morpholine rings is 1. The largest absolute Gasteiger partial charge is 0.493 e. The Kier molecular flexibility index (Phi) is 5.97. The van der Waals surface area contributed by atoms with Gasteiger partial charge in [-0.3, -0.25) is 4.90 Å². The number of benzene rings is 1. The summed E-state index contributed by atoms with van der Waals surface area (Å²) in [6, 6.07) is 8.19. The number of carboxylic acid groups (broad SMARTS) is 1. The molecule has 1 aliphatic heterocycles. The van der Waals surface area contributed by atoms with Crippen LogP contribution in [0.15, 0.2) is 24.3 Å². The highest BCUT2D eigenvalue weighted by Crippen LogP contribution is 2.25. The monoisotopic (exact) mass is 347 g/mol. The predicted octanol–water partition coefficient (Wildman–Crippen LogP) is 3.32. The van der Waals surface area contributed by atoms with Crippen molar-refractivity contribution in [2.75, 3.05) is 26.3 Å². The summed E-state index contributed by atoms with van der Waals surface area (Å²) >= 11 is 0. The molecule has 25 heavy (non-hydrogen) atoms. The first-order chi connectivity index (χ1) is 12.0. The molecule has 0 radical (unpaired) electrons. The Hall–Kier alpha value is -1.59. The first-order valence-corrected chi connectivity index (χ1v) is 9.37. The second-order valence-corrected chi connectivity index (χ2v) is 7.55. The van der Waals surface area contributed by atoms with Gasteiger partial charge in [-0.05, 0) is 43.4 Å². The molecule has 5 heteroatoms. The van der Waals surface area contributed by atoms with Gasteiger partial charge < -0.3 is 14.6 Å². The fourth-order valence-electron chi connectivity index (χ4n) is 3.73. The van der Waals surface area contributed by atoms with Crippen molar-refractivity contribution in [3.63, 3.8) is 0 Å². The maximum absolute atomic E-state index is 11.4. The van der Waals surface area contributed by atoms with Crippen molar-refractivity contribution < 1.29 is 19.4 Å². The number of carboxylic acids is 1. The average Bonchev–Trinajstić information content (AvgIpc) is 2.62. The molecule has 1 N–H and O–H groups in total. The van der Waals surface area contributed by atoms with Crippen LogP contribution in [0.3, 0.4) is 0 Å². The highest BCUT2D eigenvalue weighted by atomic mass is 16.5. The van der Waals surface area contributed by atoms with E-state index < -0.39 is 11.6 Å². The van der Waals surface area contributed by atoms with Crippen molar-refractivity contribution in [3.05, 3.63) is 29.8 Å². The number of carbonyl (C=O) groups is 1. The minimum absolute atomic E-state index is 0.405. The molecule has 1 saturated heterocycles. The molecule has 1 saturated carbocycles. The van der Waals surface area contributed by atoms with E-state index in [9.17, 15) is 9.90 Å². The van der Waals surface area contributed by atoms with Crippen LogP contribution in [0.2, 0.25) is 0 Å². The second kappa shape index (κ2) is 8.19. The predicted molar refractivity (Wildman–Crippen MR) is 95.8 cm³/mol. The fraction of sp³-hybridized carbons (Fsp3) is 0.650. The van der Waals surface area contributed by atoms with Gasteiger partial charge >= 0.3 is 5.97 Å². The van der Waals surface area contributed by atoms with Crippen LogP contribution in [0, 0.1) is 5.92 Å². The normalized spacial score (nSPS) is 25.6. The lowest BCUT2D eigenvalue weighted by molar-refractivity contribution is -0.174. The smallest absolute Gasteiger partial charge is 0.337 e. The zero-order chi connectivity index (χ0) is 17.7. The van der Waals surface area contributed by atoms with E-state index in [1.54, 1.807) is 6.92 Å². The summed E-state index contributed by atoms with van der Waals surface area (Å²) in [5, 5.41) is 9.32.